The molecule has 0 aliphatic rings. The number of hydrogen-bond acceptors (Lipinski definition) is 4. The lowest BCUT2D eigenvalue weighted by molar-refractivity contribution is -0.125. The molecule has 0 heterocycles. The molecular formula is C9H19NO4. The number of ether oxygens (including phenoxy) is 1. The highest BCUT2D eigenvalue weighted by molar-refractivity contribution is 5.76. The molecule has 0 aliphatic heterocycles. The number of aliphatic hydroxyl groups is 2. The highest BCUT2D eigenvalue weighted by atomic mass is 16.5. The number of carbonyl (C=O) groups is 1. The molecule has 0 rings (SSSR count). The standard InChI is InChI=1S/C9H19NO4/c1-3-9(6-11,7-12)10-8(13)4-5-14-2/h11-12H,3-7H2,1-2H3,(H,10,13). The Balaban J connectivity index is 4.08. The first kappa shape index (κ1) is 13.4. The monoisotopic (exact) mass is 205 g/mol. The quantitative estimate of drug-likeness (QED) is 0.512. The van der Waals surface area contributed by atoms with Crippen molar-refractivity contribution in [1.82, 2.24) is 5.32 Å². The second-order valence-electron chi connectivity index (χ2n) is 3.24. The van der Waals surface area contributed by atoms with Crippen molar-refractivity contribution in [3.8, 4) is 0 Å². The van der Waals surface area contributed by atoms with Gasteiger partial charge in [0.1, 0.15) is 0 Å². The lowest BCUT2D eigenvalue weighted by Gasteiger charge is -2.29. The van der Waals surface area contributed by atoms with Crippen LogP contribution in [0.2, 0.25) is 0 Å². The third-order valence-corrected chi connectivity index (χ3v) is 2.22. The number of amides is 1. The smallest absolute Gasteiger partial charge is 0.222 e. The average Bonchev–Trinajstić information content (AvgIpc) is 2.23. The number of aliphatic hydroxyl groups excluding tert-OH is 2. The average molecular weight is 205 g/mol. The molecule has 0 fully saturated rings. The molecule has 0 radical (unpaired) electrons. The minimum absolute atomic E-state index is 0.225. The second kappa shape index (κ2) is 6.75. The van der Waals surface area contributed by atoms with Crippen LogP contribution in [0, 0.1) is 0 Å². The van der Waals surface area contributed by atoms with Crippen LogP contribution < -0.4 is 5.32 Å². The van der Waals surface area contributed by atoms with Gasteiger partial charge in [0.2, 0.25) is 5.91 Å². The van der Waals surface area contributed by atoms with Crippen LogP contribution >= 0.6 is 0 Å². The Morgan fingerprint density at radius 3 is 2.36 bits per heavy atom. The van der Waals surface area contributed by atoms with E-state index in [4.69, 9.17) is 14.9 Å². The van der Waals surface area contributed by atoms with Crippen molar-refractivity contribution in [2.24, 2.45) is 0 Å². The topological polar surface area (TPSA) is 78.8 Å². The second-order valence-corrected chi connectivity index (χ2v) is 3.24. The molecule has 0 spiro atoms. The maximum absolute atomic E-state index is 11.3. The van der Waals surface area contributed by atoms with Crippen LogP contribution in [0.25, 0.3) is 0 Å². The van der Waals surface area contributed by atoms with E-state index < -0.39 is 5.54 Å². The first-order valence-corrected chi connectivity index (χ1v) is 4.65. The van der Waals surface area contributed by atoms with Crippen LogP contribution in [0.4, 0.5) is 0 Å². The molecular weight excluding hydrogens is 186 g/mol. The van der Waals surface area contributed by atoms with Crippen molar-refractivity contribution in [2.75, 3.05) is 26.9 Å². The van der Waals surface area contributed by atoms with E-state index in [1.807, 2.05) is 0 Å². The van der Waals surface area contributed by atoms with E-state index >= 15 is 0 Å². The van der Waals surface area contributed by atoms with Gasteiger partial charge in [-0.15, -0.1) is 0 Å². The van der Waals surface area contributed by atoms with E-state index in [1.165, 1.54) is 7.11 Å². The Morgan fingerprint density at radius 1 is 1.43 bits per heavy atom. The molecule has 0 aromatic carbocycles. The summed E-state index contributed by atoms with van der Waals surface area (Å²) >= 11 is 0. The van der Waals surface area contributed by atoms with E-state index in [-0.39, 0.29) is 25.5 Å². The fourth-order valence-electron chi connectivity index (χ4n) is 0.994. The van der Waals surface area contributed by atoms with Gasteiger partial charge in [-0.1, -0.05) is 6.92 Å². The van der Waals surface area contributed by atoms with E-state index in [0.717, 1.165) is 0 Å². The molecule has 0 bridgehead atoms. The minimum atomic E-state index is -0.898. The number of nitrogens with one attached hydrogen (secondary N) is 1. The van der Waals surface area contributed by atoms with Gasteiger partial charge < -0.3 is 20.3 Å². The molecule has 0 unspecified atom stereocenters. The Hall–Kier alpha value is -0.650. The summed E-state index contributed by atoms with van der Waals surface area (Å²) in [7, 11) is 1.51. The fourth-order valence-corrected chi connectivity index (χ4v) is 0.994. The summed E-state index contributed by atoms with van der Waals surface area (Å²) in [6.45, 7) is 1.60. The van der Waals surface area contributed by atoms with Gasteiger partial charge in [-0.25, -0.2) is 0 Å². The predicted molar refractivity (Wildman–Crippen MR) is 51.8 cm³/mol. The Morgan fingerprint density at radius 2 is 2.00 bits per heavy atom. The summed E-state index contributed by atoms with van der Waals surface area (Å²) < 4.78 is 4.74. The van der Waals surface area contributed by atoms with Gasteiger partial charge in [-0.3, -0.25) is 4.79 Å². The molecule has 5 nitrogen and oxygen atoms in total. The van der Waals surface area contributed by atoms with E-state index in [0.29, 0.717) is 13.0 Å². The maximum atomic E-state index is 11.3. The zero-order chi connectivity index (χ0) is 11.0. The van der Waals surface area contributed by atoms with E-state index in [1.54, 1.807) is 6.92 Å². The van der Waals surface area contributed by atoms with E-state index in [9.17, 15) is 4.79 Å². The molecule has 0 atom stereocenters. The molecule has 0 aliphatic carbocycles. The first-order valence-electron chi connectivity index (χ1n) is 4.65. The molecule has 1 amide bonds. The van der Waals surface area contributed by atoms with Crippen molar-refractivity contribution >= 4 is 5.91 Å². The molecule has 0 saturated heterocycles. The zero-order valence-electron chi connectivity index (χ0n) is 8.75. The summed E-state index contributed by atoms with van der Waals surface area (Å²) in [6.07, 6.45) is 0.719. The maximum Gasteiger partial charge on any atom is 0.222 e. The fraction of sp³-hybridized carbons (Fsp3) is 0.889. The van der Waals surface area contributed by atoms with Crippen LogP contribution in [-0.4, -0.2) is 48.6 Å². The van der Waals surface area contributed by atoms with Gasteiger partial charge in [-0.05, 0) is 6.42 Å². The normalized spacial score (nSPS) is 11.4. The number of rotatable bonds is 7. The SMILES string of the molecule is CCC(CO)(CO)NC(=O)CCOC. The van der Waals surface area contributed by atoms with Crippen LogP contribution in [0.15, 0.2) is 0 Å². The Labute approximate surface area is 84.1 Å². The van der Waals surface area contributed by atoms with Crippen LogP contribution in [-0.2, 0) is 9.53 Å². The summed E-state index contributed by atoms with van der Waals surface area (Å²) in [5, 5.41) is 20.7. The largest absolute Gasteiger partial charge is 0.394 e. The van der Waals surface area contributed by atoms with Crippen LogP contribution in [0.5, 0.6) is 0 Å². The summed E-state index contributed by atoms with van der Waals surface area (Å²) in [4.78, 5) is 11.3. The molecule has 0 saturated carbocycles. The van der Waals surface area contributed by atoms with Gasteiger partial charge in [0.05, 0.1) is 25.4 Å². The van der Waals surface area contributed by atoms with E-state index in [2.05, 4.69) is 5.32 Å². The third kappa shape index (κ3) is 4.04. The summed E-state index contributed by atoms with van der Waals surface area (Å²) in [5.41, 5.74) is -0.898. The van der Waals surface area contributed by atoms with Crippen molar-refractivity contribution in [2.45, 2.75) is 25.3 Å². The van der Waals surface area contributed by atoms with Gasteiger partial charge in [0, 0.05) is 13.5 Å². The summed E-state index contributed by atoms with van der Waals surface area (Å²) in [6, 6.07) is 0. The van der Waals surface area contributed by atoms with Crippen LogP contribution in [0.1, 0.15) is 19.8 Å². The van der Waals surface area contributed by atoms with Crippen molar-refractivity contribution in [1.29, 1.82) is 0 Å². The summed E-state index contributed by atoms with van der Waals surface area (Å²) in [5.74, 6) is -0.225. The molecule has 14 heavy (non-hydrogen) atoms. The van der Waals surface area contributed by atoms with Gasteiger partial charge in [0.25, 0.3) is 0 Å². The third-order valence-electron chi connectivity index (χ3n) is 2.22. The minimum Gasteiger partial charge on any atom is -0.394 e. The van der Waals surface area contributed by atoms with Crippen molar-refractivity contribution < 1.29 is 19.7 Å². The lowest BCUT2D eigenvalue weighted by atomic mass is 9.98. The van der Waals surface area contributed by atoms with Gasteiger partial charge >= 0.3 is 0 Å². The molecule has 3 N–H and O–H groups in total. The molecule has 0 aromatic heterocycles. The lowest BCUT2D eigenvalue weighted by Crippen LogP contribution is -2.53. The molecule has 0 aromatic rings. The van der Waals surface area contributed by atoms with Crippen molar-refractivity contribution in [3.63, 3.8) is 0 Å². The number of hydrogen-bond donors (Lipinski definition) is 3. The number of carbonyl (C=O) groups excluding carboxylic acids is 1. The van der Waals surface area contributed by atoms with Gasteiger partial charge in [0.15, 0.2) is 0 Å². The first-order chi connectivity index (χ1) is 6.64. The zero-order valence-corrected chi connectivity index (χ0v) is 8.75. The Kier molecular flexibility index (Phi) is 6.44. The molecule has 5 heteroatoms. The number of methoxy groups -OCH3 is 1. The van der Waals surface area contributed by atoms with Crippen LogP contribution in [0.3, 0.4) is 0 Å². The van der Waals surface area contributed by atoms with Gasteiger partial charge in [-0.2, -0.15) is 0 Å². The molecule has 84 valence electrons. The highest BCUT2D eigenvalue weighted by Crippen LogP contribution is 2.08. The van der Waals surface area contributed by atoms with Crippen molar-refractivity contribution in [3.05, 3.63) is 0 Å². The predicted octanol–water partition coefficient (Wildman–Crippen LogP) is -0.727. The Bertz CT molecular complexity index is 160. The highest BCUT2D eigenvalue weighted by Gasteiger charge is 2.27.